The predicted octanol–water partition coefficient (Wildman–Crippen LogP) is -5.37. The molecule has 0 fully saturated rings. The summed E-state index contributed by atoms with van der Waals surface area (Å²) in [6, 6.07) is 2.24. The SMILES string of the molecule is CCc1cc2c(NCCC[NH+](C)C)nc[nH+]c2s1.[Cl-].[Cl-]. The van der Waals surface area contributed by atoms with Gasteiger partial charge in [0, 0.05) is 17.8 Å². The van der Waals surface area contributed by atoms with Crippen LogP contribution in [0.15, 0.2) is 12.4 Å². The molecule has 0 aliphatic carbocycles. The Labute approximate surface area is 136 Å². The first-order valence-electron chi connectivity index (χ1n) is 6.52. The molecule has 114 valence electrons. The fourth-order valence-corrected chi connectivity index (χ4v) is 2.87. The van der Waals surface area contributed by atoms with Gasteiger partial charge in [0.2, 0.25) is 0 Å². The number of anilines is 1. The number of hydrogen-bond donors (Lipinski definition) is 2. The van der Waals surface area contributed by atoms with E-state index in [4.69, 9.17) is 0 Å². The van der Waals surface area contributed by atoms with Crippen LogP contribution in [-0.2, 0) is 6.42 Å². The van der Waals surface area contributed by atoms with Gasteiger partial charge in [-0.25, -0.2) is 4.98 Å². The molecule has 0 spiro atoms. The molecule has 0 amide bonds. The largest absolute Gasteiger partial charge is 1.00 e. The first kappa shape index (κ1) is 19.4. The topological polar surface area (TPSA) is 43.5 Å². The van der Waals surface area contributed by atoms with Crippen molar-refractivity contribution >= 4 is 27.4 Å². The minimum Gasteiger partial charge on any atom is -1.00 e. The average molecular weight is 337 g/mol. The Morgan fingerprint density at radius 2 is 2.10 bits per heavy atom. The summed E-state index contributed by atoms with van der Waals surface area (Å²) in [5.74, 6) is 1.01. The molecule has 7 heteroatoms. The highest BCUT2D eigenvalue weighted by atomic mass is 35.5. The van der Waals surface area contributed by atoms with Crippen LogP contribution in [0.3, 0.4) is 0 Å². The Morgan fingerprint density at radius 3 is 2.75 bits per heavy atom. The minimum absolute atomic E-state index is 0. The second-order valence-electron chi connectivity index (χ2n) is 4.80. The third kappa shape index (κ3) is 5.05. The number of thiophene rings is 1. The Morgan fingerprint density at radius 1 is 1.35 bits per heavy atom. The number of nitrogens with one attached hydrogen (secondary N) is 3. The first-order chi connectivity index (χ1) is 8.70. The zero-order valence-electron chi connectivity index (χ0n) is 12.1. The van der Waals surface area contributed by atoms with Gasteiger partial charge in [-0.05, 0) is 17.5 Å². The number of aryl methyl sites for hydroxylation is 1. The molecule has 20 heavy (non-hydrogen) atoms. The van der Waals surface area contributed by atoms with E-state index in [0.29, 0.717) is 0 Å². The summed E-state index contributed by atoms with van der Waals surface area (Å²) in [7, 11) is 4.36. The molecule has 0 saturated heterocycles. The maximum absolute atomic E-state index is 4.40. The summed E-state index contributed by atoms with van der Waals surface area (Å²) in [6.45, 7) is 4.35. The van der Waals surface area contributed by atoms with E-state index in [9.17, 15) is 0 Å². The quantitative estimate of drug-likeness (QED) is 0.517. The first-order valence-corrected chi connectivity index (χ1v) is 7.34. The Hall–Kier alpha value is -0.620. The smallest absolute Gasteiger partial charge is 0.287 e. The van der Waals surface area contributed by atoms with Crippen molar-refractivity contribution in [1.82, 2.24) is 4.98 Å². The standard InChI is InChI=1S/C13H20N4S.2ClH/c1-4-10-8-11-12(14-6-5-7-17(2)3)15-9-16-13(11)18-10;;/h8-9H,4-7H2,1-3H3,(H,14,15,16);2*1H. The number of aromatic nitrogens is 2. The van der Waals surface area contributed by atoms with Crippen LogP contribution in [0.1, 0.15) is 18.2 Å². The number of H-pyrrole nitrogens is 1. The van der Waals surface area contributed by atoms with Crippen molar-refractivity contribution in [3.63, 3.8) is 0 Å². The van der Waals surface area contributed by atoms with E-state index in [-0.39, 0.29) is 24.8 Å². The van der Waals surface area contributed by atoms with Crippen LogP contribution in [0.5, 0.6) is 0 Å². The lowest BCUT2D eigenvalue weighted by molar-refractivity contribution is -0.858. The van der Waals surface area contributed by atoms with Crippen molar-refractivity contribution in [2.45, 2.75) is 19.8 Å². The summed E-state index contributed by atoms with van der Waals surface area (Å²) in [5, 5.41) is 4.66. The minimum atomic E-state index is 0. The molecule has 0 aliphatic heterocycles. The lowest BCUT2D eigenvalue weighted by Crippen LogP contribution is -3.05. The summed E-state index contributed by atoms with van der Waals surface area (Å²) in [5.41, 5.74) is 0. The van der Waals surface area contributed by atoms with Crippen LogP contribution in [0.2, 0.25) is 0 Å². The molecule has 2 rings (SSSR count). The number of hydrogen-bond acceptors (Lipinski definition) is 3. The van der Waals surface area contributed by atoms with E-state index in [2.05, 4.69) is 42.4 Å². The average Bonchev–Trinajstić information content (AvgIpc) is 2.78. The summed E-state index contributed by atoms with van der Waals surface area (Å²) in [6.07, 6.45) is 4.02. The van der Waals surface area contributed by atoms with Crippen molar-refractivity contribution in [2.24, 2.45) is 0 Å². The fourth-order valence-electron chi connectivity index (χ4n) is 1.91. The zero-order chi connectivity index (χ0) is 13.0. The highest BCUT2D eigenvalue weighted by Gasteiger charge is 2.12. The van der Waals surface area contributed by atoms with Gasteiger partial charge in [0.1, 0.15) is 5.39 Å². The molecular weight excluding hydrogens is 315 g/mol. The molecule has 4 nitrogen and oxygen atoms in total. The maximum atomic E-state index is 4.40. The molecule has 0 radical (unpaired) electrons. The van der Waals surface area contributed by atoms with Crippen LogP contribution in [0, 0.1) is 0 Å². The lowest BCUT2D eigenvalue weighted by atomic mass is 10.3. The number of nitrogens with zero attached hydrogens (tertiary/aromatic N) is 1. The van der Waals surface area contributed by atoms with Crippen molar-refractivity contribution in [1.29, 1.82) is 0 Å². The second kappa shape index (κ2) is 9.34. The van der Waals surface area contributed by atoms with Gasteiger partial charge in [-0.1, -0.05) is 18.3 Å². The Kier molecular flexibility index (Phi) is 9.05. The molecular formula is C13H22Cl2N4S. The fraction of sp³-hybridized carbons (Fsp3) is 0.538. The van der Waals surface area contributed by atoms with Crippen LogP contribution < -0.4 is 40.0 Å². The van der Waals surface area contributed by atoms with Gasteiger partial charge in [-0.2, -0.15) is 0 Å². The molecule has 3 N–H and O–H groups in total. The third-order valence-corrected chi connectivity index (χ3v) is 4.13. The number of quaternary nitrogens is 1. The predicted molar refractivity (Wildman–Crippen MR) is 76.3 cm³/mol. The van der Waals surface area contributed by atoms with Crippen molar-refractivity contribution in [3.05, 3.63) is 17.3 Å². The highest BCUT2D eigenvalue weighted by Crippen LogP contribution is 2.26. The maximum Gasteiger partial charge on any atom is 0.287 e. The number of rotatable bonds is 6. The number of aromatic amines is 1. The van der Waals surface area contributed by atoms with E-state index in [1.165, 1.54) is 26.5 Å². The van der Waals surface area contributed by atoms with Crippen LogP contribution >= 0.6 is 11.3 Å². The van der Waals surface area contributed by atoms with Gasteiger partial charge >= 0.3 is 0 Å². The summed E-state index contributed by atoms with van der Waals surface area (Å²) >= 11 is 1.82. The molecule has 2 heterocycles. The van der Waals surface area contributed by atoms with Gasteiger partial charge in [-0.15, -0.1) is 0 Å². The Balaban J connectivity index is 0.00000180. The Bertz CT molecular complexity index is 516. The van der Waals surface area contributed by atoms with Gasteiger partial charge in [0.15, 0.2) is 4.83 Å². The van der Waals surface area contributed by atoms with Crippen molar-refractivity contribution < 1.29 is 34.7 Å². The molecule has 0 bridgehead atoms. The number of halogens is 2. The van der Waals surface area contributed by atoms with Crippen LogP contribution in [-0.4, -0.2) is 32.2 Å². The van der Waals surface area contributed by atoms with Crippen LogP contribution in [0.4, 0.5) is 5.82 Å². The van der Waals surface area contributed by atoms with E-state index in [0.717, 1.165) is 25.2 Å². The van der Waals surface area contributed by atoms with Crippen LogP contribution in [0.25, 0.3) is 10.2 Å². The summed E-state index contributed by atoms with van der Waals surface area (Å²) in [4.78, 5) is 11.7. The van der Waals surface area contributed by atoms with Gasteiger partial charge < -0.3 is 35.0 Å². The lowest BCUT2D eigenvalue weighted by Gasteiger charge is -2.06. The normalized spacial score (nSPS) is 10.2. The molecule has 0 unspecified atom stereocenters. The molecule has 2 aromatic rings. The molecule has 0 aromatic carbocycles. The van der Waals surface area contributed by atoms with Gasteiger partial charge in [0.05, 0.1) is 20.6 Å². The molecule has 0 aliphatic rings. The zero-order valence-corrected chi connectivity index (χ0v) is 14.4. The molecule has 0 atom stereocenters. The van der Waals surface area contributed by atoms with Crippen molar-refractivity contribution in [3.8, 4) is 0 Å². The summed E-state index contributed by atoms with van der Waals surface area (Å²) < 4.78 is 0. The molecule has 2 aromatic heterocycles. The monoisotopic (exact) mass is 336 g/mol. The number of fused-ring (bicyclic) bond motifs is 1. The highest BCUT2D eigenvalue weighted by molar-refractivity contribution is 7.18. The van der Waals surface area contributed by atoms with Gasteiger partial charge in [0.25, 0.3) is 12.1 Å². The van der Waals surface area contributed by atoms with Crippen molar-refractivity contribution in [2.75, 3.05) is 32.5 Å². The third-order valence-electron chi connectivity index (χ3n) is 2.92. The van der Waals surface area contributed by atoms with E-state index in [1.807, 2.05) is 11.3 Å². The van der Waals surface area contributed by atoms with E-state index in [1.54, 1.807) is 6.33 Å². The second-order valence-corrected chi connectivity index (χ2v) is 5.93. The van der Waals surface area contributed by atoms with E-state index < -0.39 is 0 Å². The van der Waals surface area contributed by atoms with E-state index >= 15 is 0 Å². The molecule has 0 saturated carbocycles. The van der Waals surface area contributed by atoms with Gasteiger partial charge in [-0.3, -0.25) is 0 Å².